The molecule has 9 N–H and O–H groups in total. The average Bonchev–Trinajstić information content (AvgIpc) is 3.54. The highest BCUT2D eigenvalue weighted by Gasteiger charge is 2.54. The van der Waals surface area contributed by atoms with E-state index >= 15 is 0 Å². The van der Waals surface area contributed by atoms with Crippen LogP contribution < -0.4 is 27.1 Å². The summed E-state index contributed by atoms with van der Waals surface area (Å²) in [5, 5.41) is 30.9. The van der Waals surface area contributed by atoms with E-state index in [9.17, 15) is 24.3 Å². The zero-order valence-corrected chi connectivity index (χ0v) is 25.7. The number of nitrogens with two attached hydrogens (primary N) is 3. The first-order valence-electron chi connectivity index (χ1n) is 12.6. The second kappa shape index (κ2) is 11.8. The minimum atomic E-state index is -1.38. The number of nitrogens with zero attached hydrogens (tertiary/aromatic N) is 7. The van der Waals surface area contributed by atoms with E-state index in [1.165, 1.54) is 40.3 Å². The van der Waals surface area contributed by atoms with Gasteiger partial charge in [-0.1, -0.05) is 21.4 Å². The number of fused-ring (bicyclic) bond motifs is 2. The van der Waals surface area contributed by atoms with Gasteiger partial charge in [0.1, 0.15) is 28.6 Å². The molecule has 2 amide bonds. The Balaban J connectivity index is 1.36. The number of carboxylic acid groups (broad SMARTS) is 2. The first kappa shape index (κ1) is 30.8. The standard InChI is InChI=1S/C23H25N11O7S3/c1-7-14(24)29-23(34-16(7)32(3)21(25)30-34)44-5-9-4-42-18-12(17(36)33(18)13(9)20(39)40)28-15(35)11(10-6-43-22(26)27-10)31-41-8(2)19(37)38/h6,8,12,18,24H,4-5H2,1-3H3,(H7,25,26,27,28,30,35,37,38,39,40)/p+1/b31-11-/t8-,12?,18-/m1/s1. The van der Waals surface area contributed by atoms with E-state index in [2.05, 4.69) is 25.5 Å². The molecule has 0 aromatic carbocycles. The summed E-state index contributed by atoms with van der Waals surface area (Å²) in [6.07, 6.45) is -1.38. The van der Waals surface area contributed by atoms with Gasteiger partial charge in [0, 0.05) is 22.0 Å². The number of aromatic nitrogens is 5. The summed E-state index contributed by atoms with van der Waals surface area (Å²) in [5.41, 5.74) is 18.9. The largest absolute Gasteiger partial charge is 0.478 e. The normalized spacial score (nSPS) is 19.0. The lowest BCUT2D eigenvalue weighted by atomic mass is 10.0. The summed E-state index contributed by atoms with van der Waals surface area (Å²) in [4.78, 5) is 64.4. The molecule has 0 aliphatic carbocycles. The summed E-state index contributed by atoms with van der Waals surface area (Å²) in [7, 11) is 1.73. The van der Waals surface area contributed by atoms with Gasteiger partial charge in [0.25, 0.3) is 11.8 Å². The lowest BCUT2D eigenvalue weighted by molar-refractivity contribution is -0.631. The van der Waals surface area contributed by atoms with Gasteiger partial charge in [-0.2, -0.15) is 4.98 Å². The van der Waals surface area contributed by atoms with Crippen molar-refractivity contribution in [2.75, 3.05) is 28.7 Å². The number of oxime groups is 1. The van der Waals surface area contributed by atoms with Crippen molar-refractivity contribution in [3.8, 4) is 0 Å². The highest BCUT2D eigenvalue weighted by atomic mass is 32.2. The number of carbonyl (C=O) groups excluding carboxylic acids is 2. The van der Waals surface area contributed by atoms with Crippen molar-refractivity contribution in [2.45, 2.75) is 36.5 Å². The second-order valence-corrected chi connectivity index (χ2v) is 12.5. The Labute approximate surface area is 260 Å². The topological polar surface area (TPSA) is 271 Å². The summed E-state index contributed by atoms with van der Waals surface area (Å²) >= 11 is 3.46. The number of nitrogens with one attached hydrogen (secondary N) is 1. The number of aryl methyl sites for hydroxylation is 2. The van der Waals surface area contributed by atoms with Gasteiger partial charge in [-0.15, -0.1) is 23.1 Å². The van der Waals surface area contributed by atoms with Crippen molar-refractivity contribution in [3.05, 3.63) is 27.9 Å². The number of hydrogen-bond donors (Lipinski definition) is 6. The van der Waals surface area contributed by atoms with E-state index in [0.29, 0.717) is 21.9 Å². The molecule has 3 aromatic heterocycles. The van der Waals surface area contributed by atoms with Gasteiger partial charge < -0.3 is 37.6 Å². The third kappa shape index (κ3) is 5.43. The van der Waals surface area contributed by atoms with Crippen LogP contribution in [0.2, 0.25) is 0 Å². The quantitative estimate of drug-likeness (QED) is 0.0371. The third-order valence-corrected chi connectivity index (χ3v) is 9.75. The number of hydrogen-bond acceptors (Lipinski definition) is 15. The van der Waals surface area contributed by atoms with Crippen LogP contribution in [0.1, 0.15) is 18.2 Å². The fourth-order valence-corrected chi connectivity index (χ4v) is 7.36. The molecule has 3 aromatic rings. The number of aliphatic carboxylic acids is 2. The van der Waals surface area contributed by atoms with Crippen molar-refractivity contribution in [2.24, 2.45) is 12.2 Å². The van der Waals surface area contributed by atoms with Gasteiger partial charge in [-0.05, 0) is 19.4 Å². The van der Waals surface area contributed by atoms with Crippen molar-refractivity contribution < 1.29 is 38.8 Å². The molecule has 1 unspecified atom stereocenters. The first-order valence-corrected chi connectivity index (χ1v) is 15.5. The van der Waals surface area contributed by atoms with Crippen LogP contribution in [0.5, 0.6) is 0 Å². The molecule has 2 aliphatic heterocycles. The molecule has 3 atom stereocenters. The number of thiazole rings is 1. The molecule has 1 saturated heterocycles. The van der Waals surface area contributed by atoms with Gasteiger partial charge in [0.15, 0.2) is 10.8 Å². The van der Waals surface area contributed by atoms with E-state index in [1.54, 1.807) is 18.5 Å². The Hall–Kier alpha value is -4.63. The Morgan fingerprint density at radius 1 is 1.30 bits per heavy atom. The molecular formula is C23H26N11O7S3+. The zero-order valence-electron chi connectivity index (χ0n) is 23.2. The van der Waals surface area contributed by atoms with Gasteiger partial charge in [0.05, 0.1) is 12.6 Å². The number of carboxylic acids is 2. The van der Waals surface area contributed by atoms with E-state index < -0.39 is 47.0 Å². The molecule has 0 bridgehead atoms. The van der Waals surface area contributed by atoms with Crippen molar-refractivity contribution in [1.82, 2.24) is 29.8 Å². The lowest BCUT2D eigenvalue weighted by Gasteiger charge is -2.49. The molecule has 5 heterocycles. The summed E-state index contributed by atoms with van der Waals surface area (Å²) in [5.74, 6) is -3.27. The summed E-state index contributed by atoms with van der Waals surface area (Å²) < 4.78 is 3.19. The van der Waals surface area contributed by atoms with Crippen LogP contribution in [0.25, 0.3) is 5.65 Å². The smallest absolute Gasteiger partial charge is 0.376 e. The maximum absolute atomic E-state index is 13.2. The van der Waals surface area contributed by atoms with Crippen molar-refractivity contribution >= 4 is 86.9 Å². The average molecular weight is 665 g/mol. The Kier molecular flexibility index (Phi) is 8.27. The Bertz CT molecular complexity index is 1790. The fourth-order valence-electron chi connectivity index (χ4n) is 4.39. The molecule has 0 saturated carbocycles. The van der Waals surface area contributed by atoms with Crippen LogP contribution >= 0.6 is 34.9 Å². The molecule has 5 rings (SSSR count). The van der Waals surface area contributed by atoms with Crippen LogP contribution in [0.3, 0.4) is 0 Å². The maximum Gasteiger partial charge on any atom is 0.376 e. The third-order valence-electron chi connectivity index (χ3n) is 6.72. The van der Waals surface area contributed by atoms with E-state index in [-0.39, 0.29) is 39.8 Å². The van der Waals surface area contributed by atoms with Gasteiger partial charge in [-0.25, -0.2) is 19.1 Å². The Morgan fingerprint density at radius 2 is 2.02 bits per heavy atom. The van der Waals surface area contributed by atoms with Crippen LogP contribution in [0, 0.1) is 6.92 Å². The van der Waals surface area contributed by atoms with Crippen LogP contribution in [-0.2, 0) is 31.1 Å². The molecular weight excluding hydrogens is 639 g/mol. The van der Waals surface area contributed by atoms with Crippen molar-refractivity contribution in [1.29, 1.82) is 0 Å². The highest BCUT2D eigenvalue weighted by Crippen LogP contribution is 2.41. The number of nitrogen functional groups attached to an aromatic ring is 3. The molecule has 18 nitrogen and oxygen atoms in total. The molecule has 44 heavy (non-hydrogen) atoms. The van der Waals surface area contributed by atoms with Crippen molar-refractivity contribution in [3.63, 3.8) is 0 Å². The Morgan fingerprint density at radius 3 is 2.66 bits per heavy atom. The van der Waals surface area contributed by atoms with Gasteiger partial charge >= 0.3 is 17.9 Å². The van der Waals surface area contributed by atoms with E-state index in [0.717, 1.165) is 16.2 Å². The summed E-state index contributed by atoms with van der Waals surface area (Å²) in [6.45, 7) is 3.00. The molecule has 232 valence electrons. The predicted octanol–water partition coefficient (Wildman–Crippen LogP) is -1.21. The lowest BCUT2D eigenvalue weighted by Crippen LogP contribution is -2.71. The highest BCUT2D eigenvalue weighted by molar-refractivity contribution is 8.01. The number of thioether (sulfide) groups is 2. The van der Waals surface area contributed by atoms with E-state index in [1.807, 2.05) is 0 Å². The number of β-lactam (4-membered cyclic amide) rings is 1. The SMILES string of the molecule is Cc1c(N)nc(SCC2=C(C(=O)O)N3C(=O)C(NC(=O)/C(=N\O[C@H](C)C(=O)O)c4csc(N)n4)[C@H]3SC2)n2nc(N)[n+](C)c12. The van der Waals surface area contributed by atoms with Crippen LogP contribution in [-0.4, -0.2) is 93.2 Å². The molecule has 0 radical (unpaired) electrons. The minimum Gasteiger partial charge on any atom is -0.478 e. The predicted molar refractivity (Wildman–Crippen MR) is 159 cm³/mol. The number of amides is 2. The zero-order chi connectivity index (χ0) is 32.0. The maximum atomic E-state index is 13.2. The fraction of sp³-hybridized carbons (Fsp3) is 0.348. The minimum absolute atomic E-state index is 0.0138. The first-order chi connectivity index (χ1) is 20.8. The second-order valence-electron chi connectivity index (χ2n) is 9.56. The number of anilines is 3. The molecule has 21 heteroatoms. The van der Waals surface area contributed by atoms with Gasteiger partial charge in [0.2, 0.25) is 16.9 Å². The number of rotatable bonds is 10. The molecule has 1 fully saturated rings. The van der Waals surface area contributed by atoms with E-state index in [4.69, 9.17) is 27.1 Å². The number of carbonyl (C=O) groups is 4. The molecule has 2 aliphatic rings. The van der Waals surface area contributed by atoms with Gasteiger partial charge in [-0.3, -0.25) is 14.5 Å². The molecule has 0 spiro atoms. The summed E-state index contributed by atoms with van der Waals surface area (Å²) in [6, 6.07) is -1.10. The van der Waals surface area contributed by atoms with Crippen LogP contribution in [0.15, 0.2) is 27.0 Å². The monoisotopic (exact) mass is 664 g/mol. The van der Waals surface area contributed by atoms with Crippen LogP contribution in [0.4, 0.5) is 16.9 Å².